The molecule has 3 N–H and O–H groups in total. The number of phosphoric ester groups is 1. The summed E-state index contributed by atoms with van der Waals surface area (Å²) in [7, 11) is 0.909. The summed E-state index contributed by atoms with van der Waals surface area (Å²) in [6, 6.07) is 0. The van der Waals surface area contributed by atoms with Gasteiger partial charge in [0.25, 0.3) is 7.82 Å². The van der Waals surface area contributed by atoms with Gasteiger partial charge in [-0.1, -0.05) is 136 Å². The number of allylic oxidation sites excluding steroid dienone is 15. The van der Waals surface area contributed by atoms with Crippen LogP contribution in [0.2, 0.25) is 0 Å². The Morgan fingerprint density at radius 1 is 0.656 bits per heavy atom. The number of esters is 2. The molecule has 0 amide bonds. The van der Waals surface area contributed by atoms with Crippen molar-refractivity contribution in [2.24, 2.45) is 0 Å². The summed E-state index contributed by atoms with van der Waals surface area (Å²) in [6.45, 7) is 3.45. The van der Waals surface area contributed by atoms with Crippen LogP contribution in [0.5, 0.6) is 0 Å². The maximum absolute atomic E-state index is 12.7. The average molecular weight is 876 g/mol. The number of quaternary nitrogens is 1. The van der Waals surface area contributed by atoms with Crippen molar-refractivity contribution < 1.29 is 57.4 Å². The second-order valence-electron chi connectivity index (χ2n) is 15.5. The van der Waals surface area contributed by atoms with Gasteiger partial charge in [0.05, 0.1) is 46.1 Å². The largest absolute Gasteiger partial charge is 0.756 e. The molecule has 0 bridgehead atoms. The number of hydrogen-bond donors (Lipinski definition) is 3. The van der Waals surface area contributed by atoms with Gasteiger partial charge >= 0.3 is 11.9 Å². The van der Waals surface area contributed by atoms with E-state index < -0.39 is 57.4 Å². The first-order valence-corrected chi connectivity index (χ1v) is 23.4. The number of ether oxygens (including phenoxy) is 2. The molecular weight excluding hydrogens is 797 g/mol. The van der Waals surface area contributed by atoms with Crippen LogP contribution in [0, 0.1) is 0 Å². The lowest BCUT2D eigenvalue weighted by molar-refractivity contribution is -0.870. The van der Waals surface area contributed by atoms with Crippen molar-refractivity contribution in [1.29, 1.82) is 0 Å². The molecule has 0 aliphatic rings. The van der Waals surface area contributed by atoms with Gasteiger partial charge in [-0.05, 0) is 70.6 Å². The highest BCUT2D eigenvalue weighted by Gasteiger charge is 2.22. The molecule has 1 unspecified atom stereocenters. The number of rotatable bonds is 37. The van der Waals surface area contributed by atoms with Crippen molar-refractivity contribution in [1.82, 2.24) is 0 Å². The summed E-state index contributed by atoms with van der Waals surface area (Å²) < 4.78 is 33.6. The van der Waals surface area contributed by atoms with E-state index in [4.69, 9.17) is 18.5 Å². The van der Waals surface area contributed by atoms with Crippen molar-refractivity contribution in [3.63, 3.8) is 0 Å². The lowest BCUT2D eigenvalue weighted by atomic mass is 10.1. The van der Waals surface area contributed by atoms with Crippen molar-refractivity contribution in [2.45, 2.75) is 135 Å². The Kier molecular flexibility index (Phi) is 36.1. The molecule has 0 saturated heterocycles. The fourth-order valence-corrected chi connectivity index (χ4v) is 5.83. The molecule has 13 heteroatoms. The van der Waals surface area contributed by atoms with E-state index in [2.05, 4.69) is 55.5 Å². The van der Waals surface area contributed by atoms with Crippen molar-refractivity contribution in [3.8, 4) is 0 Å². The summed E-state index contributed by atoms with van der Waals surface area (Å²) >= 11 is 0. The third kappa shape index (κ3) is 40.4. The maximum Gasteiger partial charge on any atom is 0.306 e. The fraction of sp³-hybridized carbons (Fsp3) is 0.583. The molecule has 0 heterocycles. The number of carbonyl (C=O) groups excluding carboxylic acids is 2. The number of unbranched alkanes of at least 4 members (excludes halogenated alkanes) is 4. The molecule has 12 nitrogen and oxygen atoms in total. The zero-order valence-corrected chi connectivity index (χ0v) is 38.5. The van der Waals surface area contributed by atoms with Crippen molar-refractivity contribution >= 4 is 19.8 Å². The monoisotopic (exact) mass is 876 g/mol. The molecule has 0 aliphatic heterocycles. The van der Waals surface area contributed by atoms with E-state index in [-0.39, 0.29) is 32.3 Å². The number of likely N-dealkylation sites (N-methyl/N-ethyl adjacent to an activating group) is 1. The van der Waals surface area contributed by atoms with Gasteiger partial charge in [-0.15, -0.1) is 0 Å². The number of aliphatic hydroxyl groups is 3. The minimum absolute atomic E-state index is 0.0836. The van der Waals surface area contributed by atoms with Gasteiger partial charge in [-0.2, -0.15) is 0 Å². The topological polar surface area (TPSA) is 172 Å². The van der Waals surface area contributed by atoms with E-state index in [0.717, 1.165) is 57.8 Å². The lowest BCUT2D eigenvalue weighted by Crippen LogP contribution is -2.37. The third-order valence-corrected chi connectivity index (χ3v) is 9.60. The van der Waals surface area contributed by atoms with Crippen LogP contribution in [0.15, 0.2) is 109 Å². The smallest absolute Gasteiger partial charge is 0.306 e. The quantitative estimate of drug-likeness (QED) is 0.0136. The second-order valence-corrected chi connectivity index (χ2v) is 16.9. The van der Waals surface area contributed by atoms with Crippen molar-refractivity contribution in [2.75, 3.05) is 47.5 Å². The molecule has 346 valence electrons. The Labute approximate surface area is 367 Å². The van der Waals surface area contributed by atoms with Crippen LogP contribution in [0.3, 0.4) is 0 Å². The van der Waals surface area contributed by atoms with Crippen molar-refractivity contribution in [3.05, 3.63) is 109 Å². The molecule has 0 aromatic carbocycles. The van der Waals surface area contributed by atoms with Gasteiger partial charge in [0.2, 0.25) is 0 Å². The first kappa shape index (κ1) is 57.5. The first-order chi connectivity index (χ1) is 29.2. The van der Waals surface area contributed by atoms with Crippen LogP contribution in [-0.2, 0) is 32.7 Å². The van der Waals surface area contributed by atoms with E-state index in [1.54, 1.807) is 42.5 Å². The molecule has 0 aromatic heterocycles. The Morgan fingerprint density at radius 2 is 1.21 bits per heavy atom. The molecule has 0 radical (unpaired) electrons. The van der Waals surface area contributed by atoms with E-state index in [1.807, 2.05) is 40.2 Å². The molecule has 0 spiro atoms. The van der Waals surface area contributed by atoms with Gasteiger partial charge in [-0.25, -0.2) is 0 Å². The highest BCUT2D eigenvalue weighted by molar-refractivity contribution is 7.45. The summed E-state index contributed by atoms with van der Waals surface area (Å²) in [5, 5.41) is 30.5. The zero-order chi connectivity index (χ0) is 45.5. The second kappa shape index (κ2) is 38.2. The lowest BCUT2D eigenvalue weighted by Gasteiger charge is -2.28. The van der Waals surface area contributed by atoms with E-state index in [0.29, 0.717) is 23.9 Å². The van der Waals surface area contributed by atoms with Crippen LogP contribution in [0.25, 0.3) is 0 Å². The first-order valence-electron chi connectivity index (χ1n) is 21.9. The van der Waals surface area contributed by atoms with E-state index in [1.165, 1.54) is 6.08 Å². The summed E-state index contributed by atoms with van der Waals surface area (Å²) in [4.78, 5) is 37.6. The number of carbonyl (C=O) groups is 2. The predicted molar refractivity (Wildman–Crippen MR) is 244 cm³/mol. The molecular formula is C48H78NO11P. The van der Waals surface area contributed by atoms with Gasteiger partial charge in [-0.3, -0.25) is 14.2 Å². The zero-order valence-electron chi connectivity index (χ0n) is 37.6. The molecule has 0 aromatic rings. The highest BCUT2D eigenvalue weighted by atomic mass is 31.2. The maximum atomic E-state index is 12.7. The molecule has 0 fully saturated rings. The van der Waals surface area contributed by atoms with E-state index in [9.17, 15) is 34.4 Å². The summed E-state index contributed by atoms with van der Waals surface area (Å²) in [6.07, 6.45) is 40.6. The number of phosphoric acid groups is 1. The summed E-state index contributed by atoms with van der Waals surface area (Å²) in [5.74, 6) is -1.21. The highest BCUT2D eigenvalue weighted by Crippen LogP contribution is 2.38. The predicted octanol–water partition coefficient (Wildman–Crippen LogP) is 8.63. The Bertz CT molecular complexity index is 1460. The van der Waals surface area contributed by atoms with Crippen LogP contribution in [0.1, 0.15) is 110 Å². The van der Waals surface area contributed by atoms with Gasteiger partial charge < -0.3 is 43.2 Å². The number of aliphatic hydroxyl groups excluding tert-OH is 3. The summed E-state index contributed by atoms with van der Waals surface area (Å²) in [5.41, 5.74) is 0. The molecule has 0 rings (SSSR count). The van der Waals surface area contributed by atoms with Gasteiger partial charge in [0, 0.05) is 12.8 Å². The van der Waals surface area contributed by atoms with E-state index >= 15 is 0 Å². The minimum atomic E-state index is -4.74. The Hall–Kier alpha value is -3.45. The molecule has 5 atom stereocenters. The third-order valence-electron chi connectivity index (χ3n) is 8.63. The van der Waals surface area contributed by atoms with Crippen LogP contribution in [0.4, 0.5) is 0 Å². The van der Waals surface area contributed by atoms with Crippen LogP contribution < -0.4 is 4.89 Å². The number of nitrogens with zero attached hydrogens (tertiary/aromatic N) is 1. The van der Waals surface area contributed by atoms with Gasteiger partial charge in [0.1, 0.15) is 19.8 Å². The molecule has 61 heavy (non-hydrogen) atoms. The SMILES string of the molecule is CC/C=C\C/C=C\C/C=C\C/C=C\CCCCCCC(=O)OC[C@H](COP(=O)([O-])OCC[N+](C)(C)C)OC(=O)CCC[C@@H](O)[C@H](O)\C=C/C=C\C=C\C=C\[C@@H](O)C/C=C\CC. The Morgan fingerprint density at radius 3 is 1.85 bits per heavy atom. The molecule has 0 aliphatic carbocycles. The molecule has 0 saturated carbocycles. The van der Waals surface area contributed by atoms with Crippen LogP contribution >= 0.6 is 7.82 Å². The number of hydrogen-bond acceptors (Lipinski definition) is 11. The average Bonchev–Trinajstić information content (AvgIpc) is 3.20. The fourth-order valence-electron chi connectivity index (χ4n) is 5.10. The normalized spacial score (nSPS) is 16.1. The standard InChI is InChI=1S/C48H78NO11P/c1-6-8-10-11-12-13-14-15-16-17-18-19-20-21-22-27-31-37-47(53)57-41-44(42-59-61(55,56)58-40-39-49(3,4)5)60-48(54)38-32-36-46(52)45(51)35-30-26-24-23-25-29-34-43(50)33-28-9-7-2/h8-10,12-13,15-16,18-19,23-26,28-30,34-35,43-46,50-52H,6-7,11,14,17,20-22,27,31-33,36-42H2,1-5H3/b10-8-,13-12-,16-15-,19-18-,25-23+,26-24-,28-9-,34-29+,35-30-/t43-,44+,45+,46+/m0/s1. The minimum Gasteiger partial charge on any atom is -0.756 e. The van der Waals surface area contributed by atoms with Gasteiger partial charge in [0.15, 0.2) is 6.10 Å². The van der Waals surface area contributed by atoms with Crippen LogP contribution in [-0.4, -0.2) is 104 Å². The Balaban J connectivity index is 4.76.